The Morgan fingerprint density at radius 2 is 2.24 bits per heavy atom. The van der Waals surface area contributed by atoms with E-state index in [1.54, 1.807) is 25.1 Å². The van der Waals surface area contributed by atoms with Gasteiger partial charge in [-0.15, -0.1) is 0 Å². The molecule has 1 aromatic carbocycles. The molecule has 1 aromatic rings. The van der Waals surface area contributed by atoms with Crippen LogP contribution in [0.15, 0.2) is 18.2 Å². The zero-order chi connectivity index (χ0) is 15.6. The van der Waals surface area contributed by atoms with Gasteiger partial charge in [-0.3, -0.25) is 9.69 Å². The van der Waals surface area contributed by atoms with E-state index in [-0.39, 0.29) is 24.0 Å². The summed E-state index contributed by atoms with van der Waals surface area (Å²) >= 11 is 6.06. The van der Waals surface area contributed by atoms with Crippen molar-refractivity contribution < 1.29 is 9.90 Å². The third kappa shape index (κ3) is 3.87. The van der Waals surface area contributed by atoms with Gasteiger partial charge >= 0.3 is 0 Å². The highest BCUT2D eigenvalue weighted by molar-refractivity contribution is 6.34. The summed E-state index contributed by atoms with van der Waals surface area (Å²) in [5.41, 5.74) is 6.76. The normalized spacial score (nSPS) is 22.0. The van der Waals surface area contributed by atoms with Crippen LogP contribution >= 0.6 is 11.6 Å². The number of rotatable bonds is 4. The fourth-order valence-electron chi connectivity index (χ4n) is 2.60. The average Bonchev–Trinajstić information content (AvgIpc) is 2.90. The van der Waals surface area contributed by atoms with Gasteiger partial charge in [0.05, 0.1) is 22.9 Å². The van der Waals surface area contributed by atoms with Gasteiger partial charge in [0, 0.05) is 12.2 Å². The molecular weight excluding hydrogens is 290 g/mol. The molecule has 0 spiro atoms. The largest absolute Gasteiger partial charge is 0.399 e. The van der Waals surface area contributed by atoms with Crippen LogP contribution in [0.4, 0.5) is 11.4 Å². The van der Waals surface area contributed by atoms with Crippen LogP contribution in [0.25, 0.3) is 0 Å². The molecular formula is C15H22ClN3O2. The topological polar surface area (TPSA) is 78.6 Å². The van der Waals surface area contributed by atoms with Gasteiger partial charge in [0.25, 0.3) is 0 Å². The first-order valence-electron chi connectivity index (χ1n) is 7.16. The molecule has 1 saturated heterocycles. The first-order valence-corrected chi connectivity index (χ1v) is 7.54. The monoisotopic (exact) mass is 311 g/mol. The van der Waals surface area contributed by atoms with Crippen LogP contribution in [-0.4, -0.2) is 41.1 Å². The van der Waals surface area contributed by atoms with Crippen LogP contribution in [0.3, 0.4) is 0 Å². The molecule has 3 unspecified atom stereocenters. The predicted octanol–water partition coefficient (Wildman–Crippen LogP) is 1.95. The lowest BCUT2D eigenvalue weighted by atomic mass is 10.0. The van der Waals surface area contributed by atoms with Crippen molar-refractivity contribution >= 4 is 28.9 Å². The number of benzene rings is 1. The number of carbonyl (C=O) groups is 1. The number of hydrogen-bond donors (Lipinski definition) is 3. The number of nitrogen functional groups attached to an aromatic ring is 1. The van der Waals surface area contributed by atoms with Gasteiger partial charge in [0.15, 0.2) is 0 Å². The van der Waals surface area contributed by atoms with Crippen molar-refractivity contribution in [3.8, 4) is 0 Å². The Bertz CT molecular complexity index is 522. The molecule has 1 aliphatic heterocycles. The van der Waals surface area contributed by atoms with Crippen LogP contribution in [0.5, 0.6) is 0 Å². The summed E-state index contributed by atoms with van der Waals surface area (Å²) in [6.45, 7) is 5.22. The van der Waals surface area contributed by atoms with E-state index < -0.39 is 0 Å². The molecule has 6 heteroatoms. The minimum atomic E-state index is -0.336. The maximum absolute atomic E-state index is 12.3. The van der Waals surface area contributed by atoms with Crippen LogP contribution in [0.1, 0.15) is 20.3 Å². The number of nitrogens with two attached hydrogens (primary N) is 1. The van der Waals surface area contributed by atoms with Gasteiger partial charge < -0.3 is 16.2 Å². The minimum Gasteiger partial charge on any atom is -0.399 e. The van der Waals surface area contributed by atoms with Crippen molar-refractivity contribution in [1.29, 1.82) is 0 Å². The van der Waals surface area contributed by atoms with Crippen molar-refractivity contribution in [2.24, 2.45) is 5.92 Å². The van der Waals surface area contributed by atoms with Crippen molar-refractivity contribution in [2.75, 3.05) is 24.1 Å². The molecule has 1 heterocycles. The van der Waals surface area contributed by atoms with Crippen LogP contribution in [-0.2, 0) is 4.79 Å². The van der Waals surface area contributed by atoms with Gasteiger partial charge in [-0.2, -0.15) is 0 Å². The molecule has 2 rings (SSSR count). The first-order chi connectivity index (χ1) is 9.88. The van der Waals surface area contributed by atoms with Gasteiger partial charge in [-0.05, 0) is 50.9 Å². The Labute approximate surface area is 130 Å². The van der Waals surface area contributed by atoms with Crippen molar-refractivity contribution in [3.63, 3.8) is 0 Å². The summed E-state index contributed by atoms with van der Waals surface area (Å²) in [4.78, 5) is 14.4. The van der Waals surface area contributed by atoms with E-state index in [0.717, 1.165) is 19.5 Å². The Morgan fingerprint density at radius 3 is 2.81 bits per heavy atom. The fourth-order valence-corrected chi connectivity index (χ4v) is 2.83. The quantitative estimate of drug-likeness (QED) is 0.743. The maximum Gasteiger partial charge on any atom is 0.241 e. The van der Waals surface area contributed by atoms with Crippen LogP contribution in [0.2, 0.25) is 5.02 Å². The first kappa shape index (κ1) is 16.1. The van der Waals surface area contributed by atoms with Gasteiger partial charge in [-0.1, -0.05) is 11.6 Å². The summed E-state index contributed by atoms with van der Waals surface area (Å²) in [5, 5.41) is 12.9. The number of nitrogens with one attached hydrogen (secondary N) is 1. The highest BCUT2D eigenvalue weighted by atomic mass is 35.5. The predicted molar refractivity (Wildman–Crippen MR) is 85.3 cm³/mol. The van der Waals surface area contributed by atoms with Crippen molar-refractivity contribution in [1.82, 2.24) is 4.90 Å². The Hall–Kier alpha value is -1.30. The molecule has 3 atom stereocenters. The molecule has 4 N–H and O–H groups in total. The Kier molecular flexibility index (Phi) is 5.08. The van der Waals surface area contributed by atoms with E-state index in [0.29, 0.717) is 16.4 Å². The number of carbonyl (C=O) groups excluding carboxylic acids is 1. The summed E-state index contributed by atoms with van der Waals surface area (Å²) in [6, 6.07) is 4.75. The standard InChI is InChI=1S/C15H22ClN3O2/c1-9(19-6-5-11(8-19)10(2)20)15(21)18-14-4-3-12(17)7-13(14)16/h3-4,7,9-11,20H,5-6,8,17H2,1-2H3,(H,18,21). The third-order valence-electron chi connectivity index (χ3n) is 4.12. The van der Waals surface area contributed by atoms with E-state index in [1.165, 1.54) is 0 Å². The van der Waals surface area contributed by atoms with Crippen molar-refractivity contribution in [3.05, 3.63) is 23.2 Å². The molecule has 0 saturated carbocycles. The van der Waals surface area contributed by atoms with E-state index >= 15 is 0 Å². The fraction of sp³-hybridized carbons (Fsp3) is 0.533. The lowest BCUT2D eigenvalue weighted by molar-refractivity contribution is -0.120. The Morgan fingerprint density at radius 1 is 1.52 bits per heavy atom. The van der Waals surface area contributed by atoms with E-state index in [1.807, 2.05) is 6.92 Å². The van der Waals surface area contributed by atoms with E-state index in [2.05, 4.69) is 10.2 Å². The number of aliphatic hydroxyl groups excluding tert-OH is 1. The number of nitrogens with zero attached hydrogens (tertiary/aromatic N) is 1. The molecule has 1 amide bonds. The zero-order valence-electron chi connectivity index (χ0n) is 12.3. The van der Waals surface area contributed by atoms with Gasteiger partial charge in [0.1, 0.15) is 0 Å². The number of halogens is 1. The third-order valence-corrected chi connectivity index (χ3v) is 4.43. The number of amides is 1. The molecule has 0 radical (unpaired) electrons. The highest BCUT2D eigenvalue weighted by Crippen LogP contribution is 2.26. The summed E-state index contributed by atoms with van der Waals surface area (Å²) in [5.74, 6) is 0.133. The summed E-state index contributed by atoms with van der Waals surface area (Å²) in [6.07, 6.45) is 0.578. The van der Waals surface area contributed by atoms with Gasteiger partial charge in [-0.25, -0.2) is 0 Å². The number of hydrogen-bond acceptors (Lipinski definition) is 4. The Balaban J connectivity index is 1.97. The number of likely N-dealkylation sites (tertiary alicyclic amines) is 1. The number of aliphatic hydroxyl groups is 1. The van der Waals surface area contributed by atoms with Crippen LogP contribution < -0.4 is 11.1 Å². The average molecular weight is 312 g/mol. The number of anilines is 2. The minimum absolute atomic E-state index is 0.104. The zero-order valence-corrected chi connectivity index (χ0v) is 13.1. The van der Waals surface area contributed by atoms with E-state index in [9.17, 15) is 9.90 Å². The maximum atomic E-state index is 12.3. The molecule has 0 aliphatic carbocycles. The lowest BCUT2D eigenvalue weighted by Crippen LogP contribution is -2.41. The molecule has 0 aromatic heterocycles. The summed E-state index contributed by atoms with van der Waals surface area (Å²) in [7, 11) is 0. The SMILES string of the molecule is CC(O)C1CCN(C(C)C(=O)Nc2ccc(N)cc2Cl)C1. The van der Waals surface area contributed by atoms with Crippen molar-refractivity contribution in [2.45, 2.75) is 32.4 Å². The molecule has 0 bridgehead atoms. The second-order valence-corrected chi connectivity index (χ2v) is 6.10. The second kappa shape index (κ2) is 6.64. The summed E-state index contributed by atoms with van der Waals surface area (Å²) < 4.78 is 0. The molecule has 1 fully saturated rings. The van der Waals surface area contributed by atoms with Crippen LogP contribution in [0, 0.1) is 5.92 Å². The molecule has 1 aliphatic rings. The molecule has 116 valence electrons. The molecule has 21 heavy (non-hydrogen) atoms. The lowest BCUT2D eigenvalue weighted by Gasteiger charge is -2.24. The molecule has 5 nitrogen and oxygen atoms in total. The smallest absolute Gasteiger partial charge is 0.241 e. The van der Waals surface area contributed by atoms with Gasteiger partial charge in [0.2, 0.25) is 5.91 Å². The van der Waals surface area contributed by atoms with E-state index in [4.69, 9.17) is 17.3 Å². The second-order valence-electron chi connectivity index (χ2n) is 5.69. The highest BCUT2D eigenvalue weighted by Gasteiger charge is 2.31.